The summed E-state index contributed by atoms with van der Waals surface area (Å²) in [4.78, 5) is 11.0. The van der Waals surface area contributed by atoms with Gasteiger partial charge in [0.25, 0.3) is 0 Å². The number of anilines is 2. The highest BCUT2D eigenvalue weighted by Gasteiger charge is 2.46. The Morgan fingerprint density at radius 2 is 1.82 bits per heavy atom. The summed E-state index contributed by atoms with van der Waals surface area (Å²) in [6, 6.07) is 4.29. The van der Waals surface area contributed by atoms with Gasteiger partial charge in [-0.2, -0.15) is 13.2 Å². The van der Waals surface area contributed by atoms with Crippen LogP contribution in [0.5, 0.6) is 11.5 Å². The number of methoxy groups -OCH3 is 1. The van der Waals surface area contributed by atoms with E-state index in [2.05, 4.69) is 20.2 Å². The summed E-state index contributed by atoms with van der Waals surface area (Å²) in [5.41, 5.74) is 4.15. The molecule has 3 N–H and O–H groups in total. The fraction of sp³-hybridized carbons (Fsp3) is 0.481. The molecule has 0 bridgehead atoms. The van der Waals surface area contributed by atoms with Crippen LogP contribution in [-0.4, -0.2) is 61.9 Å². The largest absolute Gasteiger partial charge is 0.493 e. The van der Waals surface area contributed by atoms with Crippen LogP contribution in [-0.2, 0) is 10.9 Å². The van der Waals surface area contributed by atoms with Gasteiger partial charge in [0.1, 0.15) is 23.6 Å². The molecule has 1 fully saturated rings. The maximum absolute atomic E-state index is 14.9. The lowest BCUT2D eigenvalue weighted by atomic mass is 9.80. The third kappa shape index (κ3) is 5.81. The molecule has 12 heteroatoms. The van der Waals surface area contributed by atoms with Crippen LogP contribution < -0.4 is 20.5 Å². The second kappa shape index (κ2) is 10.6. The van der Waals surface area contributed by atoms with Crippen molar-refractivity contribution >= 4 is 22.4 Å². The predicted molar refractivity (Wildman–Crippen MR) is 141 cm³/mol. The number of hydrogen-bond acceptors (Lipinski definition) is 8. The molecule has 0 spiro atoms. The van der Waals surface area contributed by atoms with E-state index in [9.17, 15) is 17.6 Å². The Morgan fingerprint density at radius 3 is 2.38 bits per heavy atom. The second-order valence-electron chi connectivity index (χ2n) is 10.3. The lowest BCUT2D eigenvalue weighted by Crippen LogP contribution is -2.57. The van der Waals surface area contributed by atoms with Gasteiger partial charge in [-0.05, 0) is 53.1 Å². The van der Waals surface area contributed by atoms with E-state index in [-0.39, 0.29) is 22.8 Å². The van der Waals surface area contributed by atoms with Crippen molar-refractivity contribution in [2.75, 3.05) is 52.0 Å². The van der Waals surface area contributed by atoms with E-state index < -0.39 is 23.6 Å². The Morgan fingerprint density at radius 1 is 1.13 bits per heavy atom. The minimum absolute atomic E-state index is 0.197. The van der Waals surface area contributed by atoms with Gasteiger partial charge in [0, 0.05) is 29.2 Å². The smallest absolute Gasteiger partial charge is 0.419 e. The monoisotopic (exact) mass is 551 g/mol. The summed E-state index contributed by atoms with van der Waals surface area (Å²) in [6.07, 6.45) is -5.12. The van der Waals surface area contributed by atoms with Crippen molar-refractivity contribution in [3.05, 3.63) is 47.0 Å². The molecule has 2 aromatic carbocycles. The number of aromatic nitrogens is 2. The number of aryl methyl sites for hydroxylation is 1. The number of ether oxygens (including phenoxy) is 3. The highest BCUT2D eigenvalue weighted by molar-refractivity contribution is 5.92. The second-order valence-corrected chi connectivity index (χ2v) is 10.3. The number of fused-ring (bicyclic) bond motifs is 1. The topological polar surface area (TPSA) is 94.8 Å². The van der Waals surface area contributed by atoms with E-state index in [1.54, 1.807) is 19.1 Å². The average Bonchev–Trinajstić information content (AvgIpc) is 2.81. The maximum Gasteiger partial charge on any atom is 0.419 e. The van der Waals surface area contributed by atoms with Gasteiger partial charge >= 0.3 is 6.18 Å². The van der Waals surface area contributed by atoms with Gasteiger partial charge in [-0.3, -0.25) is 0 Å². The van der Waals surface area contributed by atoms with Crippen molar-refractivity contribution in [1.29, 1.82) is 0 Å². The molecule has 0 amide bonds. The molecule has 212 valence electrons. The van der Waals surface area contributed by atoms with Crippen LogP contribution in [0.15, 0.2) is 24.3 Å². The highest BCUT2D eigenvalue weighted by Crippen LogP contribution is 2.41. The molecule has 8 nitrogen and oxygen atoms in total. The Bertz CT molecular complexity index is 1360. The summed E-state index contributed by atoms with van der Waals surface area (Å²) >= 11 is 0. The molecule has 1 aliphatic heterocycles. The van der Waals surface area contributed by atoms with Gasteiger partial charge in [-0.1, -0.05) is 0 Å². The fourth-order valence-corrected chi connectivity index (χ4v) is 4.85. The molecule has 1 saturated heterocycles. The van der Waals surface area contributed by atoms with E-state index in [0.717, 1.165) is 6.54 Å². The van der Waals surface area contributed by atoms with Crippen LogP contribution in [0.3, 0.4) is 0 Å². The summed E-state index contributed by atoms with van der Waals surface area (Å²) in [6.45, 7) is 7.07. The normalized spacial score (nSPS) is 16.6. The molecule has 1 aliphatic rings. The maximum atomic E-state index is 14.9. The number of nitrogens with one attached hydrogen (secondary N) is 1. The zero-order valence-electron chi connectivity index (χ0n) is 22.7. The van der Waals surface area contributed by atoms with Gasteiger partial charge in [0.05, 0.1) is 42.9 Å². The van der Waals surface area contributed by atoms with Crippen LogP contribution in [0.1, 0.15) is 36.8 Å². The minimum Gasteiger partial charge on any atom is -0.493 e. The quantitative estimate of drug-likeness (QED) is 0.277. The summed E-state index contributed by atoms with van der Waals surface area (Å²) in [5.74, 6) is 0.223. The summed E-state index contributed by atoms with van der Waals surface area (Å²) < 4.78 is 72.6. The average molecular weight is 552 g/mol. The van der Waals surface area contributed by atoms with Crippen molar-refractivity contribution < 1.29 is 31.8 Å². The Balaban J connectivity index is 1.73. The first-order chi connectivity index (χ1) is 18.2. The van der Waals surface area contributed by atoms with Crippen molar-refractivity contribution in [2.45, 2.75) is 39.1 Å². The number of halogens is 4. The molecule has 0 radical (unpaired) electrons. The molecule has 0 unspecified atom stereocenters. The van der Waals surface area contributed by atoms with Crippen LogP contribution >= 0.6 is 0 Å². The molecule has 1 aromatic heterocycles. The first-order valence-electron chi connectivity index (χ1n) is 12.4. The number of hydrogen-bond donors (Lipinski definition) is 2. The van der Waals surface area contributed by atoms with Crippen LogP contribution in [0.4, 0.5) is 29.1 Å². The van der Waals surface area contributed by atoms with Crippen LogP contribution in [0, 0.1) is 18.2 Å². The molecule has 2 heterocycles. The SMILES string of the molecule is COc1cc2nc(C)nc(N[C@H](C)c3cc(N)cc(C(F)(F)F)c3F)c2cc1O[C@H](C)C1(CN(C)C)COC1. The third-order valence-electron chi connectivity index (χ3n) is 6.92. The van der Waals surface area contributed by atoms with E-state index >= 15 is 0 Å². The Labute approximate surface area is 224 Å². The molecular formula is C27H33F4N5O3. The van der Waals surface area contributed by atoms with E-state index in [0.29, 0.717) is 53.3 Å². The number of benzene rings is 2. The van der Waals surface area contributed by atoms with Gasteiger partial charge in [-0.25, -0.2) is 14.4 Å². The van der Waals surface area contributed by atoms with Crippen molar-refractivity contribution in [3.63, 3.8) is 0 Å². The lowest BCUT2D eigenvalue weighted by Gasteiger charge is -2.46. The standard InChI is InChI=1S/C27H33F4N5O3/c1-14(18-7-17(32)8-20(24(18)28)27(29,30)31)33-25-19-9-23(22(37-6)10-21(19)34-16(3)35-25)39-15(2)26(11-36(4)5)12-38-13-26/h7-10,14-15H,11-13,32H2,1-6H3,(H,33,34,35)/t14-,15-/m1/s1. The van der Waals surface area contributed by atoms with Crippen LogP contribution in [0.25, 0.3) is 10.9 Å². The van der Waals surface area contributed by atoms with Gasteiger partial charge in [0.15, 0.2) is 11.5 Å². The van der Waals surface area contributed by atoms with Gasteiger partial charge < -0.3 is 30.2 Å². The molecule has 2 atom stereocenters. The molecule has 4 rings (SSSR count). The molecule has 0 saturated carbocycles. The summed E-state index contributed by atoms with van der Waals surface area (Å²) in [7, 11) is 5.50. The fourth-order valence-electron chi connectivity index (χ4n) is 4.85. The number of nitrogens with two attached hydrogens (primary N) is 1. The van der Waals surface area contributed by atoms with Gasteiger partial charge in [-0.15, -0.1) is 0 Å². The van der Waals surface area contributed by atoms with Crippen molar-refractivity contribution in [2.24, 2.45) is 5.41 Å². The summed E-state index contributed by atoms with van der Waals surface area (Å²) in [5, 5.41) is 3.58. The number of nitrogen functional groups attached to an aromatic ring is 1. The number of nitrogens with zero attached hydrogens (tertiary/aromatic N) is 3. The Hall–Kier alpha value is -3.38. The van der Waals surface area contributed by atoms with Gasteiger partial charge in [0.2, 0.25) is 0 Å². The van der Waals surface area contributed by atoms with E-state index in [1.807, 2.05) is 21.0 Å². The first kappa shape index (κ1) is 28.6. The zero-order valence-corrected chi connectivity index (χ0v) is 22.7. The molecule has 0 aliphatic carbocycles. The lowest BCUT2D eigenvalue weighted by molar-refractivity contribution is -0.167. The Kier molecular flexibility index (Phi) is 7.82. The van der Waals surface area contributed by atoms with E-state index in [4.69, 9.17) is 19.9 Å². The molecule has 3 aromatic rings. The highest BCUT2D eigenvalue weighted by atomic mass is 19.4. The molecule has 39 heavy (non-hydrogen) atoms. The zero-order chi connectivity index (χ0) is 28.7. The number of rotatable bonds is 9. The van der Waals surface area contributed by atoms with Crippen LogP contribution in [0.2, 0.25) is 0 Å². The minimum atomic E-state index is -4.89. The number of alkyl halides is 3. The van der Waals surface area contributed by atoms with Crippen molar-refractivity contribution in [3.8, 4) is 11.5 Å². The first-order valence-corrected chi connectivity index (χ1v) is 12.4. The van der Waals surface area contributed by atoms with Crippen molar-refractivity contribution in [1.82, 2.24) is 14.9 Å². The molecular weight excluding hydrogens is 518 g/mol. The predicted octanol–water partition coefficient (Wildman–Crippen LogP) is 5.21. The third-order valence-corrected chi connectivity index (χ3v) is 6.92. The van der Waals surface area contributed by atoms with E-state index in [1.165, 1.54) is 20.1 Å².